The molecule has 2 aliphatic heterocycles. The Balaban J connectivity index is 0.00000176. The van der Waals surface area contributed by atoms with Crippen molar-refractivity contribution in [3.63, 3.8) is 0 Å². The minimum absolute atomic E-state index is 0. The third kappa shape index (κ3) is 3.77. The summed E-state index contributed by atoms with van der Waals surface area (Å²) in [5.74, 6) is 3.01. The molecule has 2 N–H and O–H groups in total. The first-order chi connectivity index (χ1) is 10.3. The fourth-order valence-corrected chi connectivity index (χ4v) is 3.30. The summed E-state index contributed by atoms with van der Waals surface area (Å²) >= 11 is 0. The van der Waals surface area contributed by atoms with E-state index < -0.39 is 0 Å². The number of rotatable bonds is 5. The van der Waals surface area contributed by atoms with Crippen LogP contribution in [0, 0.1) is 5.92 Å². The van der Waals surface area contributed by atoms with Crippen LogP contribution in [0.4, 0.5) is 0 Å². The molecule has 1 fully saturated rings. The molecule has 1 atom stereocenters. The molecule has 1 aromatic carbocycles. The van der Waals surface area contributed by atoms with Gasteiger partial charge in [-0.05, 0) is 56.0 Å². The predicted octanol–water partition coefficient (Wildman–Crippen LogP) is 2.41. The summed E-state index contributed by atoms with van der Waals surface area (Å²) in [5, 5.41) is 0. The summed E-state index contributed by atoms with van der Waals surface area (Å²) in [6.45, 7) is 4.27. The van der Waals surface area contributed by atoms with Crippen molar-refractivity contribution in [2.75, 3.05) is 33.5 Å². The molecule has 124 valence electrons. The minimum atomic E-state index is 0. The quantitative estimate of drug-likeness (QED) is 0.899. The molecule has 0 spiro atoms. The number of halogens is 1. The Labute approximate surface area is 138 Å². The fraction of sp³-hybridized carbons (Fsp3) is 0.625. The molecule has 0 bridgehead atoms. The average molecular weight is 329 g/mol. The molecule has 22 heavy (non-hydrogen) atoms. The smallest absolute Gasteiger partial charge is 0.231 e. The van der Waals surface area contributed by atoms with E-state index in [0.29, 0.717) is 0 Å². The highest BCUT2D eigenvalue weighted by Crippen LogP contribution is 2.42. The zero-order chi connectivity index (χ0) is 14.7. The highest BCUT2D eigenvalue weighted by Gasteiger charge is 2.23. The lowest BCUT2D eigenvalue weighted by atomic mass is 9.94. The fourth-order valence-electron chi connectivity index (χ4n) is 3.30. The maximum atomic E-state index is 5.69. The first-order valence-electron chi connectivity index (χ1n) is 7.69. The van der Waals surface area contributed by atoms with Gasteiger partial charge < -0.3 is 19.9 Å². The van der Waals surface area contributed by atoms with Gasteiger partial charge in [-0.2, -0.15) is 0 Å². The molecule has 1 saturated heterocycles. The number of hydrogen-bond donors (Lipinski definition) is 1. The van der Waals surface area contributed by atoms with Crippen LogP contribution in [0.1, 0.15) is 24.8 Å². The van der Waals surface area contributed by atoms with Gasteiger partial charge in [-0.3, -0.25) is 4.90 Å². The lowest BCUT2D eigenvalue weighted by Gasteiger charge is -2.32. The lowest BCUT2D eigenvalue weighted by Crippen LogP contribution is -2.35. The van der Waals surface area contributed by atoms with Gasteiger partial charge in [0.15, 0.2) is 11.5 Å². The van der Waals surface area contributed by atoms with Crippen molar-refractivity contribution in [2.24, 2.45) is 11.7 Å². The number of piperidine rings is 1. The number of ether oxygens (including phenoxy) is 3. The standard InChI is InChI=1S/C16H24N2O3.ClH/c1-19-14-7-13(8-15-16(14)21-11-20-15)10-18-6-2-3-12(9-18)4-5-17;/h7-8,12H,2-6,9-11,17H2,1H3;1H. The Morgan fingerprint density at radius 3 is 3.00 bits per heavy atom. The van der Waals surface area contributed by atoms with Crippen molar-refractivity contribution in [1.82, 2.24) is 4.90 Å². The molecule has 5 nitrogen and oxygen atoms in total. The highest BCUT2D eigenvalue weighted by atomic mass is 35.5. The second-order valence-corrected chi connectivity index (χ2v) is 5.85. The van der Waals surface area contributed by atoms with E-state index in [4.69, 9.17) is 19.9 Å². The van der Waals surface area contributed by atoms with Crippen LogP contribution in [-0.2, 0) is 6.54 Å². The predicted molar refractivity (Wildman–Crippen MR) is 88.0 cm³/mol. The molecular weight excluding hydrogens is 304 g/mol. The Kier molecular flexibility index (Phi) is 6.17. The van der Waals surface area contributed by atoms with E-state index >= 15 is 0 Å². The van der Waals surface area contributed by atoms with Gasteiger partial charge in [0.2, 0.25) is 12.5 Å². The number of nitrogens with two attached hydrogens (primary N) is 1. The molecule has 0 amide bonds. The zero-order valence-electron chi connectivity index (χ0n) is 13.0. The first-order valence-corrected chi connectivity index (χ1v) is 7.69. The van der Waals surface area contributed by atoms with Crippen molar-refractivity contribution in [2.45, 2.75) is 25.8 Å². The number of fused-ring (bicyclic) bond motifs is 1. The normalized spacial score (nSPS) is 20.5. The van der Waals surface area contributed by atoms with Gasteiger partial charge in [-0.1, -0.05) is 0 Å². The Morgan fingerprint density at radius 2 is 2.23 bits per heavy atom. The summed E-state index contributed by atoms with van der Waals surface area (Å²) < 4.78 is 16.3. The number of methoxy groups -OCH3 is 1. The van der Waals surface area contributed by atoms with Gasteiger partial charge in [-0.15, -0.1) is 12.4 Å². The van der Waals surface area contributed by atoms with Gasteiger partial charge >= 0.3 is 0 Å². The third-order valence-electron chi connectivity index (χ3n) is 4.30. The van der Waals surface area contributed by atoms with E-state index in [1.54, 1.807) is 7.11 Å². The van der Waals surface area contributed by atoms with Crippen molar-refractivity contribution >= 4 is 12.4 Å². The van der Waals surface area contributed by atoms with Crippen LogP contribution in [0.5, 0.6) is 17.2 Å². The third-order valence-corrected chi connectivity index (χ3v) is 4.30. The zero-order valence-corrected chi connectivity index (χ0v) is 13.9. The minimum Gasteiger partial charge on any atom is -0.493 e. The molecular formula is C16H25ClN2O3. The maximum Gasteiger partial charge on any atom is 0.231 e. The number of hydrogen-bond acceptors (Lipinski definition) is 5. The number of nitrogens with zero attached hydrogens (tertiary/aromatic N) is 1. The average Bonchev–Trinajstić information content (AvgIpc) is 2.95. The van der Waals surface area contributed by atoms with Crippen molar-refractivity contribution in [3.05, 3.63) is 17.7 Å². The molecule has 3 rings (SSSR count). The van der Waals surface area contributed by atoms with E-state index in [2.05, 4.69) is 17.0 Å². The molecule has 1 aromatic rings. The largest absolute Gasteiger partial charge is 0.493 e. The molecule has 2 heterocycles. The Bertz CT molecular complexity index is 497. The van der Waals surface area contributed by atoms with Crippen LogP contribution in [0.25, 0.3) is 0 Å². The first kappa shape index (κ1) is 17.2. The second-order valence-electron chi connectivity index (χ2n) is 5.85. The summed E-state index contributed by atoms with van der Waals surface area (Å²) in [5.41, 5.74) is 6.90. The van der Waals surface area contributed by atoms with Gasteiger partial charge in [0.05, 0.1) is 7.11 Å². The van der Waals surface area contributed by atoms with Gasteiger partial charge in [0.25, 0.3) is 0 Å². The molecule has 0 radical (unpaired) electrons. The van der Waals surface area contributed by atoms with E-state index in [1.807, 2.05) is 0 Å². The van der Waals surface area contributed by atoms with Crippen molar-refractivity contribution in [3.8, 4) is 17.2 Å². The second kappa shape index (κ2) is 7.90. The molecule has 0 saturated carbocycles. The maximum absolute atomic E-state index is 5.69. The molecule has 1 unspecified atom stereocenters. The highest BCUT2D eigenvalue weighted by molar-refractivity contribution is 5.85. The SMILES string of the molecule is COc1cc(CN2CCCC(CCN)C2)cc2c1OCO2.Cl. The number of likely N-dealkylation sites (tertiary alicyclic amines) is 1. The van der Waals surface area contributed by atoms with Gasteiger partial charge in [0, 0.05) is 13.1 Å². The van der Waals surface area contributed by atoms with E-state index in [0.717, 1.165) is 55.8 Å². The van der Waals surface area contributed by atoms with Crippen LogP contribution in [0.2, 0.25) is 0 Å². The summed E-state index contributed by atoms with van der Waals surface area (Å²) in [7, 11) is 1.67. The molecule has 0 aliphatic carbocycles. The molecule has 0 aromatic heterocycles. The van der Waals surface area contributed by atoms with Crippen LogP contribution in [-0.4, -0.2) is 38.4 Å². The van der Waals surface area contributed by atoms with Crippen LogP contribution >= 0.6 is 12.4 Å². The topological polar surface area (TPSA) is 57.0 Å². The van der Waals surface area contributed by atoms with Crippen molar-refractivity contribution < 1.29 is 14.2 Å². The van der Waals surface area contributed by atoms with E-state index in [1.165, 1.54) is 18.4 Å². The van der Waals surface area contributed by atoms with Crippen LogP contribution in [0.3, 0.4) is 0 Å². The van der Waals surface area contributed by atoms with Gasteiger partial charge in [0.1, 0.15) is 0 Å². The summed E-state index contributed by atoms with van der Waals surface area (Å²) in [6.07, 6.45) is 3.69. The molecule has 6 heteroatoms. The van der Waals surface area contributed by atoms with Crippen LogP contribution < -0.4 is 19.9 Å². The van der Waals surface area contributed by atoms with Gasteiger partial charge in [-0.25, -0.2) is 0 Å². The van der Waals surface area contributed by atoms with Crippen LogP contribution in [0.15, 0.2) is 12.1 Å². The number of benzene rings is 1. The van der Waals surface area contributed by atoms with Crippen molar-refractivity contribution in [1.29, 1.82) is 0 Å². The lowest BCUT2D eigenvalue weighted by molar-refractivity contribution is 0.162. The monoisotopic (exact) mass is 328 g/mol. The summed E-state index contributed by atoms with van der Waals surface area (Å²) in [6, 6.07) is 4.12. The Morgan fingerprint density at radius 1 is 1.36 bits per heavy atom. The Hall–Kier alpha value is -1.17. The van der Waals surface area contributed by atoms with E-state index in [-0.39, 0.29) is 19.2 Å². The molecule has 2 aliphatic rings. The van der Waals surface area contributed by atoms with E-state index in [9.17, 15) is 0 Å². The summed E-state index contributed by atoms with van der Waals surface area (Å²) in [4.78, 5) is 2.50.